The van der Waals surface area contributed by atoms with Gasteiger partial charge in [-0.15, -0.1) is 0 Å². The van der Waals surface area contributed by atoms with Gasteiger partial charge in [0.1, 0.15) is 0 Å². The minimum absolute atomic E-state index is 0.340. The van der Waals surface area contributed by atoms with E-state index >= 15 is 0 Å². The van der Waals surface area contributed by atoms with Crippen molar-refractivity contribution in [3.8, 4) is 0 Å². The highest BCUT2D eigenvalue weighted by Gasteiger charge is 2.13. The van der Waals surface area contributed by atoms with Gasteiger partial charge in [-0.25, -0.2) is 4.79 Å². The molecule has 0 saturated heterocycles. The Morgan fingerprint density at radius 1 is 1.00 bits per heavy atom. The van der Waals surface area contributed by atoms with Crippen LogP contribution in [-0.2, 0) is 7.05 Å². The van der Waals surface area contributed by atoms with Crippen molar-refractivity contribution in [3.63, 3.8) is 0 Å². The fraction of sp³-hybridized carbons (Fsp3) is 0.286. The van der Waals surface area contributed by atoms with E-state index in [4.69, 9.17) is 0 Å². The van der Waals surface area contributed by atoms with Gasteiger partial charge in [0, 0.05) is 7.05 Å². The number of H-pyrrole nitrogens is 1. The fourth-order valence-electron chi connectivity index (χ4n) is 2.33. The van der Waals surface area contributed by atoms with Crippen LogP contribution in [0.2, 0.25) is 0 Å². The molecule has 0 amide bonds. The lowest BCUT2D eigenvalue weighted by Crippen LogP contribution is -2.32. The van der Waals surface area contributed by atoms with Crippen LogP contribution in [0.15, 0.2) is 32.9 Å². The highest BCUT2D eigenvalue weighted by Crippen LogP contribution is 2.22. The first-order valence-corrected chi connectivity index (χ1v) is 5.78. The topological polar surface area (TPSA) is 54.9 Å². The molecule has 4 nitrogen and oxygen atoms in total. The second-order valence-corrected chi connectivity index (χ2v) is 4.68. The summed E-state index contributed by atoms with van der Waals surface area (Å²) in [6.45, 7) is 5.84. The van der Waals surface area contributed by atoms with Gasteiger partial charge in [-0.05, 0) is 38.0 Å². The van der Waals surface area contributed by atoms with Gasteiger partial charge in [0.25, 0.3) is 5.56 Å². The molecule has 4 heteroatoms. The predicted octanol–water partition coefficient (Wildman–Crippen LogP) is 1.84. The second kappa shape index (κ2) is 4.29. The van der Waals surface area contributed by atoms with E-state index in [1.807, 2.05) is 39.0 Å². The summed E-state index contributed by atoms with van der Waals surface area (Å²) in [5.41, 5.74) is 3.48. The standard InChI is InChI=1S/C14H16N2O2/c1-8-5-9(2)7-11-12(10(3)6-8)16(4)14(18)15-13(11)17/h5-7H,1-4H3,(H,15,17,18)/b8-5-,8-6?,9-5?,9-7-,10-6-,11-7?,12-10?. The monoisotopic (exact) mass is 244 g/mol. The normalized spacial score (nSPS) is 23.7. The third-order valence-electron chi connectivity index (χ3n) is 3.01. The van der Waals surface area contributed by atoms with E-state index in [2.05, 4.69) is 4.98 Å². The molecule has 1 aliphatic carbocycles. The lowest BCUT2D eigenvalue weighted by molar-refractivity contribution is 0.781. The molecule has 0 fully saturated rings. The third kappa shape index (κ3) is 2.01. The predicted molar refractivity (Wildman–Crippen MR) is 73.4 cm³/mol. The smallest absolute Gasteiger partial charge is 0.296 e. The molecule has 1 aromatic rings. The molecule has 0 atom stereocenters. The van der Waals surface area contributed by atoms with Crippen molar-refractivity contribution in [1.29, 1.82) is 0 Å². The maximum absolute atomic E-state index is 11.9. The van der Waals surface area contributed by atoms with Crippen LogP contribution in [0.1, 0.15) is 32.0 Å². The summed E-state index contributed by atoms with van der Waals surface area (Å²) in [6.07, 6.45) is 5.80. The van der Waals surface area contributed by atoms with E-state index in [0.717, 1.165) is 16.7 Å². The highest BCUT2D eigenvalue weighted by molar-refractivity contribution is 5.74. The lowest BCUT2D eigenvalue weighted by atomic mass is 9.99. The number of hydrogen-bond acceptors (Lipinski definition) is 2. The Balaban J connectivity index is 2.95. The number of fused-ring (bicyclic) bond motifs is 1. The van der Waals surface area contributed by atoms with Crippen LogP contribution in [0.4, 0.5) is 0 Å². The number of hydrogen-bond donors (Lipinski definition) is 1. The number of aromatic nitrogens is 2. The molecule has 0 aliphatic heterocycles. The van der Waals surface area contributed by atoms with Gasteiger partial charge in [-0.3, -0.25) is 14.3 Å². The molecule has 0 bridgehead atoms. The Morgan fingerprint density at radius 3 is 2.28 bits per heavy atom. The number of nitrogens with zero attached hydrogens (tertiary/aromatic N) is 1. The zero-order valence-corrected chi connectivity index (χ0v) is 11.0. The van der Waals surface area contributed by atoms with Crippen LogP contribution < -0.4 is 11.2 Å². The molecule has 2 rings (SSSR count). The van der Waals surface area contributed by atoms with Crippen LogP contribution in [-0.4, -0.2) is 9.55 Å². The lowest BCUT2D eigenvalue weighted by Gasteiger charge is -2.14. The van der Waals surface area contributed by atoms with Crippen molar-refractivity contribution >= 4 is 11.6 Å². The number of allylic oxidation sites excluding steroid dienone is 5. The second-order valence-electron chi connectivity index (χ2n) is 4.68. The largest absolute Gasteiger partial charge is 0.328 e. The SMILES string of the molecule is CC1=C/C(C)=C\c2c(n(C)c(=O)[nH]c2=O)/C(C)=C\1. The highest BCUT2D eigenvalue weighted by atomic mass is 16.2. The van der Waals surface area contributed by atoms with E-state index in [1.54, 1.807) is 7.05 Å². The maximum Gasteiger partial charge on any atom is 0.328 e. The van der Waals surface area contributed by atoms with Crippen LogP contribution in [0.3, 0.4) is 0 Å². The van der Waals surface area contributed by atoms with Gasteiger partial charge in [0.15, 0.2) is 0 Å². The zero-order valence-electron chi connectivity index (χ0n) is 11.0. The summed E-state index contributed by atoms with van der Waals surface area (Å²) in [5, 5.41) is 0. The van der Waals surface area contributed by atoms with Crippen LogP contribution >= 0.6 is 0 Å². The molecule has 1 aromatic heterocycles. The average Bonchev–Trinajstić information content (AvgIpc) is 2.23. The van der Waals surface area contributed by atoms with Crippen molar-refractivity contribution in [1.82, 2.24) is 9.55 Å². The summed E-state index contributed by atoms with van der Waals surface area (Å²) in [7, 11) is 1.66. The van der Waals surface area contributed by atoms with Gasteiger partial charge in [-0.2, -0.15) is 0 Å². The van der Waals surface area contributed by atoms with E-state index in [9.17, 15) is 9.59 Å². The van der Waals surface area contributed by atoms with Crippen molar-refractivity contribution in [2.75, 3.05) is 0 Å². The van der Waals surface area contributed by atoms with Crippen molar-refractivity contribution < 1.29 is 0 Å². The Labute approximate surface area is 105 Å². The summed E-state index contributed by atoms with van der Waals surface area (Å²) in [4.78, 5) is 25.9. The van der Waals surface area contributed by atoms with Gasteiger partial charge < -0.3 is 0 Å². The maximum atomic E-state index is 11.9. The van der Waals surface area contributed by atoms with E-state index in [0.29, 0.717) is 11.3 Å². The average molecular weight is 244 g/mol. The van der Waals surface area contributed by atoms with E-state index in [1.165, 1.54) is 4.57 Å². The molecule has 1 N–H and O–H groups in total. The minimum Gasteiger partial charge on any atom is -0.296 e. The first-order valence-electron chi connectivity index (χ1n) is 5.78. The minimum atomic E-state index is -0.389. The summed E-state index contributed by atoms with van der Waals surface area (Å²) < 4.78 is 1.48. The number of aromatic amines is 1. The van der Waals surface area contributed by atoms with Crippen molar-refractivity contribution in [3.05, 3.63) is 55.4 Å². The van der Waals surface area contributed by atoms with Crippen molar-refractivity contribution in [2.24, 2.45) is 7.05 Å². The molecule has 94 valence electrons. The molecule has 0 unspecified atom stereocenters. The van der Waals surface area contributed by atoms with Crippen LogP contribution in [0.25, 0.3) is 11.6 Å². The van der Waals surface area contributed by atoms with Gasteiger partial charge >= 0.3 is 5.69 Å². The molecule has 1 heterocycles. The Kier molecular flexibility index (Phi) is 2.95. The molecule has 0 aromatic carbocycles. The Morgan fingerprint density at radius 2 is 1.61 bits per heavy atom. The third-order valence-corrected chi connectivity index (χ3v) is 3.01. The zero-order chi connectivity index (χ0) is 13.4. The molecular weight excluding hydrogens is 228 g/mol. The molecule has 1 aliphatic rings. The van der Waals surface area contributed by atoms with E-state index in [-0.39, 0.29) is 11.2 Å². The summed E-state index contributed by atoms with van der Waals surface area (Å²) in [5.74, 6) is 0. The first kappa shape index (κ1) is 12.4. The van der Waals surface area contributed by atoms with Gasteiger partial charge in [-0.1, -0.05) is 17.7 Å². The quantitative estimate of drug-likeness (QED) is 0.757. The Bertz CT molecular complexity index is 712. The van der Waals surface area contributed by atoms with E-state index < -0.39 is 0 Å². The molecule has 0 saturated carbocycles. The molecule has 0 radical (unpaired) electrons. The fourth-order valence-corrected chi connectivity index (χ4v) is 2.33. The van der Waals surface area contributed by atoms with Gasteiger partial charge in [0.05, 0.1) is 11.3 Å². The van der Waals surface area contributed by atoms with Gasteiger partial charge in [0.2, 0.25) is 0 Å². The van der Waals surface area contributed by atoms with Crippen LogP contribution in [0.5, 0.6) is 0 Å². The molecule has 0 spiro atoms. The molecule has 18 heavy (non-hydrogen) atoms. The molecular formula is C14H16N2O2. The first-order chi connectivity index (χ1) is 8.40. The Hall–Kier alpha value is -2.10. The number of nitrogens with one attached hydrogen (secondary N) is 1. The van der Waals surface area contributed by atoms with Crippen LogP contribution in [0, 0.1) is 0 Å². The number of rotatable bonds is 0. The van der Waals surface area contributed by atoms with Crippen molar-refractivity contribution in [2.45, 2.75) is 20.8 Å². The summed E-state index contributed by atoms with van der Waals surface area (Å²) in [6, 6.07) is 0. The summed E-state index contributed by atoms with van der Waals surface area (Å²) >= 11 is 0.